The highest BCUT2D eigenvalue weighted by atomic mass is 127. The van der Waals surface area contributed by atoms with Crippen LogP contribution in [0.5, 0.6) is 0 Å². The Morgan fingerprint density at radius 1 is 1.25 bits per heavy atom. The summed E-state index contributed by atoms with van der Waals surface area (Å²) in [5.74, 6) is 1.05. The smallest absolute Gasteiger partial charge is 0.223 e. The number of halogens is 1. The van der Waals surface area contributed by atoms with Crippen LogP contribution in [0.15, 0.2) is 4.99 Å². The van der Waals surface area contributed by atoms with Crippen molar-refractivity contribution in [1.29, 1.82) is 0 Å². The van der Waals surface area contributed by atoms with Gasteiger partial charge in [0.2, 0.25) is 5.91 Å². The van der Waals surface area contributed by atoms with E-state index in [0.717, 1.165) is 57.9 Å². The highest BCUT2D eigenvalue weighted by Crippen LogP contribution is 2.30. The molecular weight excluding hydrogens is 421 g/mol. The van der Waals surface area contributed by atoms with E-state index in [0.29, 0.717) is 13.0 Å². The van der Waals surface area contributed by atoms with Crippen molar-refractivity contribution < 1.29 is 9.90 Å². The second kappa shape index (κ2) is 9.76. The van der Waals surface area contributed by atoms with Crippen molar-refractivity contribution >= 4 is 35.8 Å². The first kappa shape index (κ1) is 21.4. The molecule has 0 unspecified atom stereocenters. The number of guanidine groups is 1. The predicted molar refractivity (Wildman–Crippen MR) is 107 cm³/mol. The number of rotatable bonds is 5. The van der Waals surface area contributed by atoms with Crippen LogP contribution in [-0.2, 0) is 4.79 Å². The summed E-state index contributed by atoms with van der Waals surface area (Å²) in [6.45, 7) is 5.06. The number of piperazine rings is 1. The van der Waals surface area contributed by atoms with E-state index in [9.17, 15) is 9.90 Å². The molecule has 0 aromatic rings. The topological polar surface area (TPSA) is 71.4 Å². The van der Waals surface area contributed by atoms with Gasteiger partial charge in [-0.3, -0.25) is 14.7 Å². The molecule has 2 aliphatic rings. The molecule has 140 valence electrons. The number of carbonyl (C=O) groups excluding carboxylic acids is 1. The van der Waals surface area contributed by atoms with E-state index in [1.54, 1.807) is 26.0 Å². The fourth-order valence-corrected chi connectivity index (χ4v) is 3.00. The van der Waals surface area contributed by atoms with Crippen LogP contribution in [0.25, 0.3) is 0 Å². The Morgan fingerprint density at radius 2 is 1.88 bits per heavy atom. The second-order valence-electron chi connectivity index (χ2n) is 6.85. The molecule has 0 aromatic heterocycles. The van der Waals surface area contributed by atoms with Gasteiger partial charge in [-0.15, -0.1) is 24.0 Å². The molecule has 2 rings (SSSR count). The van der Waals surface area contributed by atoms with Crippen LogP contribution in [0, 0.1) is 0 Å². The van der Waals surface area contributed by atoms with E-state index in [4.69, 9.17) is 0 Å². The third-order valence-corrected chi connectivity index (χ3v) is 4.88. The largest absolute Gasteiger partial charge is 0.388 e. The van der Waals surface area contributed by atoms with Crippen LogP contribution in [0.1, 0.15) is 25.7 Å². The Balaban J connectivity index is 0.00000288. The normalized spacial score (nSPS) is 20.8. The second-order valence-corrected chi connectivity index (χ2v) is 6.85. The molecule has 1 aliphatic heterocycles. The van der Waals surface area contributed by atoms with E-state index in [1.807, 2.05) is 0 Å². The number of hydrogen-bond donors (Lipinski definition) is 2. The van der Waals surface area contributed by atoms with Crippen LogP contribution in [0.2, 0.25) is 0 Å². The molecule has 0 aromatic carbocycles. The van der Waals surface area contributed by atoms with Gasteiger partial charge >= 0.3 is 0 Å². The van der Waals surface area contributed by atoms with Crippen molar-refractivity contribution in [2.24, 2.45) is 4.99 Å². The van der Waals surface area contributed by atoms with E-state index in [-0.39, 0.29) is 29.9 Å². The molecule has 1 saturated carbocycles. The molecule has 24 heavy (non-hydrogen) atoms. The number of aliphatic hydroxyl groups is 1. The summed E-state index contributed by atoms with van der Waals surface area (Å²) in [5, 5.41) is 13.5. The Labute approximate surface area is 162 Å². The van der Waals surface area contributed by atoms with Gasteiger partial charge in [0.25, 0.3) is 0 Å². The van der Waals surface area contributed by atoms with Crippen LogP contribution in [-0.4, -0.2) is 97.7 Å². The fraction of sp³-hybridized carbons (Fsp3) is 0.875. The molecule has 1 aliphatic carbocycles. The van der Waals surface area contributed by atoms with Crippen molar-refractivity contribution in [1.82, 2.24) is 20.0 Å². The molecule has 0 spiro atoms. The standard InChI is InChI=1S/C16H31N5O2.HI/c1-17-15(18-13-16(23)6-4-7-16)21-11-9-20(10-12-21)8-5-14(22)19(2)3;/h23H,4-13H2,1-3H3,(H,17,18);1H. The summed E-state index contributed by atoms with van der Waals surface area (Å²) in [6, 6.07) is 0. The van der Waals surface area contributed by atoms with Gasteiger partial charge in [-0.1, -0.05) is 0 Å². The van der Waals surface area contributed by atoms with Crippen molar-refractivity contribution in [2.75, 3.05) is 60.4 Å². The monoisotopic (exact) mass is 453 g/mol. The molecule has 1 heterocycles. The van der Waals surface area contributed by atoms with E-state index in [2.05, 4.69) is 20.1 Å². The molecule has 0 radical (unpaired) electrons. The van der Waals surface area contributed by atoms with Gasteiger partial charge in [0, 0.05) is 66.8 Å². The number of aliphatic imine (C=N–C) groups is 1. The maximum atomic E-state index is 11.7. The number of nitrogens with zero attached hydrogens (tertiary/aromatic N) is 4. The Morgan fingerprint density at radius 3 is 2.33 bits per heavy atom. The van der Waals surface area contributed by atoms with Crippen molar-refractivity contribution in [3.8, 4) is 0 Å². The summed E-state index contributed by atoms with van der Waals surface area (Å²) in [4.78, 5) is 22.2. The van der Waals surface area contributed by atoms with Crippen LogP contribution < -0.4 is 5.32 Å². The van der Waals surface area contributed by atoms with Crippen LogP contribution in [0.4, 0.5) is 0 Å². The maximum absolute atomic E-state index is 11.7. The molecule has 2 N–H and O–H groups in total. The summed E-state index contributed by atoms with van der Waals surface area (Å²) < 4.78 is 0. The van der Waals surface area contributed by atoms with E-state index < -0.39 is 5.60 Å². The van der Waals surface area contributed by atoms with Gasteiger partial charge in [0.05, 0.1) is 5.60 Å². The quantitative estimate of drug-likeness (QED) is 0.354. The first-order valence-electron chi connectivity index (χ1n) is 8.54. The molecule has 2 fully saturated rings. The SMILES string of the molecule is CN=C(NCC1(O)CCC1)N1CCN(CCC(=O)N(C)C)CC1.I. The van der Waals surface area contributed by atoms with Crippen LogP contribution >= 0.6 is 24.0 Å². The Bertz CT molecular complexity index is 432. The minimum atomic E-state index is -0.537. The van der Waals surface area contributed by atoms with Gasteiger partial charge in [-0.25, -0.2) is 0 Å². The zero-order chi connectivity index (χ0) is 16.9. The summed E-state index contributed by atoms with van der Waals surface area (Å²) in [7, 11) is 5.38. The van der Waals surface area contributed by atoms with Crippen molar-refractivity contribution in [2.45, 2.75) is 31.3 Å². The number of nitrogens with one attached hydrogen (secondary N) is 1. The van der Waals surface area contributed by atoms with Gasteiger partial charge in [-0.05, 0) is 19.3 Å². The Kier molecular flexibility index (Phi) is 8.72. The third-order valence-electron chi connectivity index (χ3n) is 4.88. The lowest BCUT2D eigenvalue weighted by molar-refractivity contribution is -0.129. The van der Waals surface area contributed by atoms with Crippen molar-refractivity contribution in [3.63, 3.8) is 0 Å². The molecule has 0 atom stereocenters. The van der Waals surface area contributed by atoms with E-state index >= 15 is 0 Å². The first-order valence-corrected chi connectivity index (χ1v) is 8.54. The predicted octanol–water partition coefficient (Wildman–Crippen LogP) is 0.191. The third kappa shape index (κ3) is 6.03. The highest BCUT2D eigenvalue weighted by molar-refractivity contribution is 14.0. The molecule has 7 nitrogen and oxygen atoms in total. The van der Waals surface area contributed by atoms with Crippen molar-refractivity contribution in [3.05, 3.63) is 0 Å². The lowest BCUT2D eigenvalue weighted by atomic mass is 9.80. The lowest BCUT2D eigenvalue weighted by Crippen LogP contribution is -2.56. The summed E-state index contributed by atoms with van der Waals surface area (Å²) in [5.41, 5.74) is -0.537. The summed E-state index contributed by atoms with van der Waals surface area (Å²) >= 11 is 0. The van der Waals surface area contributed by atoms with Crippen LogP contribution in [0.3, 0.4) is 0 Å². The zero-order valence-corrected chi connectivity index (χ0v) is 17.5. The lowest BCUT2D eigenvalue weighted by Gasteiger charge is -2.40. The molecule has 0 bridgehead atoms. The summed E-state index contributed by atoms with van der Waals surface area (Å²) in [6.07, 6.45) is 3.45. The van der Waals surface area contributed by atoms with Gasteiger partial charge < -0.3 is 20.2 Å². The maximum Gasteiger partial charge on any atom is 0.223 e. The Hall–Kier alpha value is -0.610. The van der Waals surface area contributed by atoms with Gasteiger partial charge in [0.1, 0.15) is 0 Å². The zero-order valence-electron chi connectivity index (χ0n) is 15.1. The number of amides is 1. The first-order chi connectivity index (χ1) is 10.9. The number of carbonyl (C=O) groups is 1. The van der Waals surface area contributed by atoms with E-state index in [1.165, 1.54) is 0 Å². The minimum Gasteiger partial charge on any atom is -0.388 e. The minimum absolute atomic E-state index is 0. The molecular formula is C16H32IN5O2. The fourth-order valence-electron chi connectivity index (χ4n) is 3.00. The molecule has 8 heteroatoms. The average molecular weight is 453 g/mol. The molecule has 1 amide bonds. The average Bonchev–Trinajstić information content (AvgIpc) is 2.52. The highest BCUT2D eigenvalue weighted by Gasteiger charge is 2.34. The number of hydrogen-bond acceptors (Lipinski definition) is 4. The van der Waals surface area contributed by atoms with Gasteiger partial charge in [-0.2, -0.15) is 0 Å². The molecule has 1 saturated heterocycles. The van der Waals surface area contributed by atoms with Gasteiger partial charge in [0.15, 0.2) is 5.96 Å².